The van der Waals surface area contributed by atoms with Crippen molar-refractivity contribution in [3.8, 4) is 11.3 Å². The zero-order valence-corrected chi connectivity index (χ0v) is 15.8. The lowest BCUT2D eigenvalue weighted by Gasteiger charge is -2.11. The van der Waals surface area contributed by atoms with Gasteiger partial charge in [0.1, 0.15) is 0 Å². The normalized spacial score (nSPS) is 16.9. The standard InChI is InChI=1S/C22H19N5O2/c1-13-12-27(13)21(29)14-6-8-16(9-7-14)24-22-23-11-15-10-19(28)25-18-5-3-2-4-17(18)20(15)26-22/h2-9,11,13H,10,12H2,1H3,(H,25,28)(H,23,24,26). The number of amides is 2. The van der Waals surface area contributed by atoms with Crippen LogP contribution in [0.4, 0.5) is 17.3 Å². The number of benzene rings is 2. The van der Waals surface area contributed by atoms with Crippen LogP contribution in [0, 0.1) is 0 Å². The number of carbonyl (C=O) groups is 2. The van der Waals surface area contributed by atoms with Gasteiger partial charge in [-0.1, -0.05) is 18.2 Å². The molecule has 3 heterocycles. The zero-order chi connectivity index (χ0) is 20.0. The molecule has 1 fully saturated rings. The van der Waals surface area contributed by atoms with Crippen LogP contribution in [0.3, 0.4) is 0 Å². The van der Waals surface area contributed by atoms with Crippen molar-refractivity contribution in [2.75, 3.05) is 17.2 Å². The van der Waals surface area contributed by atoms with Crippen molar-refractivity contribution in [1.82, 2.24) is 14.9 Å². The number of carbonyl (C=O) groups excluding carboxylic acids is 2. The van der Waals surface area contributed by atoms with Crippen molar-refractivity contribution in [2.45, 2.75) is 19.4 Å². The van der Waals surface area contributed by atoms with Gasteiger partial charge in [0.25, 0.3) is 5.91 Å². The van der Waals surface area contributed by atoms with Crippen LogP contribution in [0.25, 0.3) is 11.3 Å². The van der Waals surface area contributed by atoms with Gasteiger partial charge in [0.05, 0.1) is 17.8 Å². The first-order valence-electron chi connectivity index (χ1n) is 9.52. The molecule has 1 unspecified atom stereocenters. The Morgan fingerprint density at radius 2 is 1.93 bits per heavy atom. The fourth-order valence-electron chi connectivity index (χ4n) is 3.51. The summed E-state index contributed by atoms with van der Waals surface area (Å²) in [5, 5.41) is 6.09. The van der Waals surface area contributed by atoms with Crippen LogP contribution in [0.15, 0.2) is 54.7 Å². The molecule has 3 aromatic rings. The minimum Gasteiger partial charge on any atom is -0.332 e. The number of aromatic nitrogens is 2. The number of hydrogen-bond donors (Lipinski definition) is 2. The summed E-state index contributed by atoms with van der Waals surface area (Å²) in [5.41, 5.74) is 4.59. The Balaban J connectivity index is 1.42. The summed E-state index contributed by atoms with van der Waals surface area (Å²) in [6.45, 7) is 2.85. The van der Waals surface area contributed by atoms with Crippen molar-refractivity contribution in [2.24, 2.45) is 0 Å². The third-order valence-electron chi connectivity index (χ3n) is 5.18. The van der Waals surface area contributed by atoms with E-state index in [1.807, 2.05) is 48.2 Å². The second kappa shape index (κ2) is 6.70. The molecule has 7 heteroatoms. The molecule has 144 valence electrons. The molecule has 0 saturated carbocycles. The van der Waals surface area contributed by atoms with E-state index < -0.39 is 0 Å². The SMILES string of the molecule is CC1CN1C(=O)c1ccc(Nc2ncc3c(n2)-c2ccccc2NC(=O)C3)cc1. The first-order chi connectivity index (χ1) is 14.1. The van der Waals surface area contributed by atoms with E-state index in [2.05, 4.69) is 20.6 Å². The molecule has 0 aliphatic carbocycles. The highest BCUT2D eigenvalue weighted by molar-refractivity contribution is 6.00. The van der Waals surface area contributed by atoms with E-state index in [1.54, 1.807) is 18.3 Å². The molecule has 0 spiro atoms. The Hall–Kier alpha value is -3.74. The van der Waals surface area contributed by atoms with Crippen LogP contribution in [0.5, 0.6) is 0 Å². The second-order valence-corrected chi connectivity index (χ2v) is 7.35. The molecule has 7 nitrogen and oxygen atoms in total. The molecular weight excluding hydrogens is 366 g/mol. The van der Waals surface area contributed by atoms with Crippen LogP contribution in [-0.2, 0) is 11.2 Å². The minimum atomic E-state index is -0.0820. The smallest absolute Gasteiger partial charge is 0.254 e. The van der Waals surface area contributed by atoms with E-state index >= 15 is 0 Å². The summed E-state index contributed by atoms with van der Waals surface area (Å²) in [5.74, 6) is 0.409. The van der Waals surface area contributed by atoms with Crippen LogP contribution in [0.1, 0.15) is 22.8 Å². The van der Waals surface area contributed by atoms with E-state index in [-0.39, 0.29) is 18.2 Å². The molecule has 2 aromatic carbocycles. The predicted octanol–water partition coefficient (Wildman–Crippen LogP) is 3.23. The quantitative estimate of drug-likeness (QED) is 0.676. The van der Waals surface area contributed by atoms with E-state index in [1.165, 1.54) is 0 Å². The van der Waals surface area contributed by atoms with E-state index in [0.29, 0.717) is 17.6 Å². The highest BCUT2D eigenvalue weighted by Gasteiger charge is 2.34. The van der Waals surface area contributed by atoms with Gasteiger partial charge in [-0.05, 0) is 37.3 Å². The van der Waals surface area contributed by atoms with Crippen molar-refractivity contribution < 1.29 is 9.59 Å². The van der Waals surface area contributed by atoms with Crippen LogP contribution in [0.2, 0.25) is 0 Å². The van der Waals surface area contributed by atoms with Gasteiger partial charge in [0.15, 0.2) is 0 Å². The van der Waals surface area contributed by atoms with E-state index in [0.717, 1.165) is 34.7 Å². The van der Waals surface area contributed by atoms with Crippen LogP contribution >= 0.6 is 0 Å². The lowest BCUT2D eigenvalue weighted by molar-refractivity contribution is -0.115. The molecule has 1 saturated heterocycles. The fraction of sp³-hybridized carbons (Fsp3) is 0.182. The maximum atomic E-state index is 12.3. The van der Waals surface area contributed by atoms with Gasteiger partial charge in [-0.15, -0.1) is 0 Å². The zero-order valence-electron chi connectivity index (χ0n) is 15.8. The third-order valence-corrected chi connectivity index (χ3v) is 5.18. The number of para-hydroxylation sites is 1. The topological polar surface area (TPSA) is 87.0 Å². The molecule has 2 N–H and O–H groups in total. The molecule has 1 aromatic heterocycles. The summed E-state index contributed by atoms with van der Waals surface area (Å²) in [6, 6.07) is 15.2. The molecular formula is C22H19N5O2. The van der Waals surface area contributed by atoms with Gasteiger partial charge in [0, 0.05) is 41.2 Å². The Labute approximate surface area is 167 Å². The Morgan fingerprint density at radius 3 is 2.69 bits per heavy atom. The molecule has 2 aliphatic heterocycles. The second-order valence-electron chi connectivity index (χ2n) is 7.35. The molecule has 29 heavy (non-hydrogen) atoms. The Bertz CT molecular complexity index is 1130. The van der Waals surface area contributed by atoms with Crippen molar-refractivity contribution in [3.63, 3.8) is 0 Å². The number of nitrogens with zero attached hydrogens (tertiary/aromatic N) is 3. The number of hydrogen-bond acceptors (Lipinski definition) is 5. The summed E-state index contributed by atoms with van der Waals surface area (Å²) < 4.78 is 0. The van der Waals surface area contributed by atoms with Gasteiger partial charge in [-0.25, -0.2) is 9.97 Å². The van der Waals surface area contributed by atoms with E-state index in [9.17, 15) is 9.59 Å². The van der Waals surface area contributed by atoms with Crippen molar-refractivity contribution >= 4 is 29.1 Å². The summed E-state index contributed by atoms with van der Waals surface area (Å²) in [6.07, 6.45) is 1.92. The molecule has 0 bridgehead atoms. The van der Waals surface area contributed by atoms with Gasteiger partial charge >= 0.3 is 0 Å². The van der Waals surface area contributed by atoms with Gasteiger partial charge in [0.2, 0.25) is 11.9 Å². The molecule has 0 radical (unpaired) electrons. The molecule has 2 aliphatic rings. The Morgan fingerprint density at radius 1 is 1.17 bits per heavy atom. The lowest BCUT2D eigenvalue weighted by atomic mass is 10.1. The average molecular weight is 385 g/mol. The third kappa shape index (κ3) is 3.31. The first-order valence-corrected chi connectivity index (χ1v) is 9.52. The number of anilines is 3. The molecule has 5 rings (SSSR count). The number of nitrogens with one attached hydrogen (secondary N) is 2. The first kappa shape index (κ1) is 17.4. The lowest BCUT2D eigenvalue weighted by Crippen LogP contribution is -2.13. The van der Waals surface area contributed by atoms with Crippen LogP contribution in [-0.4, -0.2) is 39.3 Å². The maximum absolute atomic E-state index is 12.3. The summed E-state index contributed by atoms with van der Waals surface area (Å²) in [7, 11) is 0. The van der Waals surface area contributed by atoms with E-state index in [4.69, 9.17) is 0 Å². The van der Waals surface area contributed by atoms with Gasteiger partial charge < -0.3 is 15.5 Å². The van der Waals surface area contributed by atoms with Gasteiger partial charge in [-0.2, -0.15) is 0 Å². The molecule has 2 amide bonds. The minimum absolute atomic E-state index is 0.0547. The largest absolute Gasteiger partial charge is 0.332 e. The number of rotatable bonds is 3. The van der Waals surface area contributed by atoms with Crippen LogP contribution < -0.4 is 10.6 Å². The van der Waals surface area contributed by atoms with Crippen molar-refractivity contribution in [1.29, 1.82) is 0 Å². The highest BCUT2D eigenvalue weighted by atomic mass is 16.2. The number of fused-ring (bicyclic) bond motifs is 3. The summed E-state index contributed by atoms with van der Waals surface area (Å²) >= 11 is 0. The van der Waals surface area contributed by atoms with Gasteiger partial charge in [-0.3, -0.25) is 9.59 Å². The monoisotopic (exact) mass is 385 g/mol. The fourth-order valence-corrected chi connectivity index (χ4v) is 3.51. The van der Waals surface area contributed by atoms with Crippen molar-refractivity contribution in [3.05, 3.63) is 65.9 Å². The summed E-state index contributed by atoms with van der Waals surface area (Å²) in [4.78, 5) is 35.3. The predicted molar refractivity (Wildman–Crippen MR) is 110 cm³/mol. The average Bonchev–Trinajstić information content (AvgIpc) is 3.48. The Kier molecular flexibility index (Phi) is 4.01. The molecule has 1 atom stereocenters. The maximum Gasteiger partial charge on any atom is 0.254 e. The highest BCUT2D eigenvalue weighted by Crippen LogP contribution is 2.32.